The van der Waals surface area contributed by atoms with Crippen LogP contribution in [-0.4, -0.2) is 27.1 Å². The van der Waals surface area contributed by atoms with E-state index in [1.54, 1.807) is 18.2 Å². The van der Waals surface area contributed by atoms with Crippen molar-refractivity contribution in [3.63, 3.8) is 0 Å². The fourth-order valence-electron chi connectivity index (χ4n) is 4.36. The number of ether oxygens (including phenoxy) is 1. The van der Waals surface area contributed by atoms with Gasteiger partial charge >= 0.3 is 5.97 Å². The van der Waals surface area contributed by atoms with Crippen LogP contribution in [0.5, 0.6) is 0 Å². The molecule has 1 heterocycles. The Morgan fingerprint density at radius 1 is 1.28 bits per heavy atom. The number of rotatable bonds is 7. The average Bonchev–Trinajstić information content (AvgIpc) is 2.73. The Balaban J connectivity index is 2.30. The first-order valence-corrected chi connectivity index (χ1v) is 12.1. The molecule has 0 bridgehead atoms. The number of halogens is 1. The van der Waals surface area contributed by atoms with Crippen LogP contribution >= 0.6 is 8.03 Å². The molecule has 170 valence electrons. The molecule has 0 amide bonds. The molecular weight excluding hydrogens is 432 g/mol. The molecule has 32 heavy (non-hydrogen) atoms. The first-order chi connectivity index (χ1) is 15.2. The van der Waals surface area contributed by atoms with Gasteiger partial charge in [-0.05, 0) is 66.0 Å². The van der Waals surface area contributed by atoms with Crippen molar-refractivity contribution in [1.29, 1.82) is 0 Å². The molecule has 0 spiro atoms. The summed E-state index contributed by atoms with van der Waals surface area (Å²) in [6, 6.07) is 5.92. The Morgan fingerprint density at radius 3 is 2.53 bits per heavy atom. The fraction of sp³-hybridized carbons (Fsp3) is 0.417. The highest BCUT2D eigenvalue weighted by atomic mass is 31.1. The van der Waals surface area contributed by atoms with E-state index >= 15 is 0 Å². The van der Waals surface area contributed by atoms with Gasteiger partial charge in [-0.25, -0.2) is 4.39 Å². The molecule has 3 unspecified atom stereocenters. The number of esters is 1. The second-order valence-corrected chi connectivity index (χ2v) is 9.56. The third kappa shape index (κ3) is 5.10. The Labute approximate surface area is 187 Å². The summed E-state index contributed by atoms with van der Waals surface area (Å²) >= 11 is 0. The number of aliphatic hydroxyl groups excluding tert-OH is 1. The Bertz CT molecular complexity index is 1060. The van der Waals surface area contributed by atoms with E-state index in [1.807, 2.05) is 13.8 Å². The van der Waals surface area contributed by atoms with Gasteiger partial charge in [-0.2, -0.15) is 0 Å². The van der Waals surface area contributed by atoms with Gasteiger partial charge in [0, 0.05) is 11.4 Å². The Hall–Kier alpha value is -2.52. The minimum atomic E-state index is -3.38. The number of nitrogens with zero attached hydrogens (tertiary/aromatic N) is 1. The monoisotopic (exact) mass is 459 g/mol. The second kappa shape index (κ2) is 10.4. The minimum Gasteiger partial charge on any atom is -0.391 e. The highest BCUT2D eigenvalue weighted by molar-refractivity contribution is 7.38. The summed E-state index contributed by atoms with van der Waals surface area (Å²) in [5, 5.41) is 10.9. The van der Waals surface area contributed by atoms with Crippen LogP contribution in [0.25, 0.3) is 11.1 Å². The summed E-state index contributed by atoms with van der Waals surface area (Å²) in [6.45, 7) is 3.83. The molecule has 8 heteroatoms. The van der Waals surface area contributed by atoms with E-state index in [1.165, 1.54) is 12.1 Å². The summed E-state index contributed by atoms with van der Waals surface area (Å²) < 4.78 is 30.8. The number of carbonyl (C=O) groups is 1. The highest BCUT2D eigenvalue weighted by Gasteiger charge is 2.36. The molecule has 0 saturated carbocycles. The zero-order valence-electron chi connectivity index (χ0n) is 18.1. The number of hydrogen-bond donors (Lipinski definition) is 2. The molecule has 1 aliphatic carbocycles. The van der Waals surface area contributed by atoms with E-state index in [4.69, 9.17) is 11.4 Å². The van der Waals surface area contributed by atoms with E-state index in [0.717, 1.165) is 30.5 Å². The van der Waals surface area contributed by atoms with Gasteiger partial charge < -0.3 is 14.7 Å². The first kappa shape index (κ1) is 24.1. The third-order valence-corrected chi connectivity index (χ3v) is 6.94. The molecular formula is C24H27FNO5P. The van der Waals surface area contributed by atoms with Crippen LogP contribution in [0.2, 0.25) is 0 Å². The summed E-state index contributed by atoms with van der Waals surface area (Å²) in [4.78, 5) is 27.1. The van der Waals surface area contributed by atoms with Crippen molar-refractivity contribution >= 4 is 14.0 Å². The summed E-state index contributed by atoms with van der Waals surface area (Å²) in [5.74, 6) is -1.38. The number of fused-ring (bicyclic) bond motifs is 1. The number of hydrogen-bond acceptors (Lipinski definition) is 5. The summed E-state index contributed by atoms with van der Waals surface area (Å²) in [5.41, 5.74) is 2.99. The SMILES string of the molecule is C#COC(=O)CC(O)C(c1c(C(C)C)nc2c(c1-c1ccc(F)cc1)CCCC2)[PH](=O)O. The molecule has 1 aromatic heterocycles. The van der Waals surface area contributed by atoms with Crippen molar-refractivity contribution in [2.24, 2.45) is 0 Å². The van der Waals surface area contributed by atoms with Gasteiger partial charge in [-0.1, -0.05) is 32.4 Å². The second-order valence-electron chi connectivity index (χ2n) is 8.26. The number of carbonyl (C=O) groups excluding carboxylic acids is 1. The molecule has 0 aliphatic heterocycles. The first-order valence-electron chi connectivity index (χ1n) is 10.6. The standard InChI is InChI=1S/C24H27FNO5P/c1-4-31-20(28)13-19(27)24(32(29)30)22-21(15-9-11-16(25)12-10-15)17-7-5-6-8-18(17)26-23(22)14(2)3/h1,9-12,14,19,24,27,32H,5-8,13H2,2-3H3,(H,29,30). The van der Waals surface area contributed by atoms with Gasteiger partial charge in [0.1, 0.15) is 11.9 Å². The third-order valence-electron chi connectivity index (χ3n) is 5.73. The van der Waals surface area contributed by atoms with E-state index in [2.05, 4.69) is 4.74 Å². The van der Waals surface area contributed by atoms with Gasteiger partial charge in [0.25, 0.3) is 0 Å². The number of benzene rings is 1. The Kier molecular flexibility index (Phi) is 7.84. The lowest BCUT2D eigenvalue weighted by Crippen LogP contribution is -2.24. The van der Waals surface area contributed by atoms with Gasteiger partial charge in [-0.3, -0.25) is 14.3 Å². The van der Waals surface area contributed by atoms with Gasteiger partial charge in [0.15, 0.2) is 8.03 Å². The molecule has 2 aromatic rings. The van der Waals surface area contributed by atoms with Crippen LogP contribution in [0.4, 0.5) is 4.39 Å². The van der Waals surface area contributed by atoms with E-state index in [9.17, 15) is 23.7 Å². The molecule has 0 radical (unpaired) electrons. The van der Waals surface area contributed by atoms with Crippen LogP contribution < -0.4 is 0 Å². The summed E-state index contributed by atoms with van der Waals surface area (Å²) in [6.07, 6.45) is 8.10. The van der Waals surface area contributed by atoms with Crippen LogP contribution in [0, 0.1) is 18.3 Å². The smallest absolute Gasteiger partial charge is 0.322 e. The van der Waals surface area contributed by atoms with Gasteiger partial charge in [-0.15, -0.1) is 0 Å². The minimum absolute atomic E-state index is 0.120. The van der Waals surface area contributed by atoms with Crippen molar-refractivity contribution in [3.8, 4) is 23.7 Å². The molecule has 0 saturated heterocycles. The van der Waals surface area contributed by atoms with Crippen molar-refractivity contribution in [3.05, 3.63) is 52.6 Å². The largest absolute Gasteiger partial charge is 0.391 e. The molecule has 1 aliphatic rings. The number of aliphatic hydroxyl groups is 1. The molecule has 1 aromatic carbocycles. The molecule has 0 fully saturated rings. The number of pyridine rings is 1. The molecule has 3 atom stereocenters. The maximum absolute atomic E-state index is 13.7. The van der Waals surface area contributed by atoms with E-state index in [0.29, 0.717) is 28.8 Å². The summed E-state index contributed by atoms with van der Waals surface area (Å²) in [7, 11) is -3.38. The lowest BCUT2D eigenvalue weighted by Gasteiger charge is -2.30. The van der Waals surface area contributed by atoms with Crippen LogP contribution in [-0.2, 0) is 26.9 Å². The maximum Gasteiger partial charge on any atom is 0.322 e. The zero-order chi connectivity index (χ0) is 23.4. The number of aryl methyl sites for hydroxylation is 1. The lowest BCUT2D eigenvalue weighted by atomic mass is 9.82. The van der Waals surface area contributed by atoms with Crippen molar-refractivity contribution < 1.29 is 28.5 Å². The van der Waals surface area contributed by atoms with Crippen LogP contribution in [0.15, 0.2) is 24.3 Å². The lowest BCUT2D eigenvalue weighted by molar-refractivity contribution is -0.139. The predicted octanol–water partition coefficient (Wildman–Crippen LogP) is 4.28. The van der Waals surface area contributed by atoms with E-state index < -0.39 is 38.0 Å². The van der Waals surface area contributed by atoms with Crippen molar-refractivity contribution in [1.82, 2.24) is 4.98 Å². The Morgan fingerprint density at radius 2 is 1.94 bits per heavy atom. The fourth-order valence-corrected chi connectivity index (χ4v) is 5.34. The molecule has 6 nitrogen and oxygen atoms in total. The van der Waals surface area contributed by atoms with Crippen molar-refractivity contribution in [2.75, 3.05) is 0 Å². The topological polar surface area (TPSA) is 96.7 Å². The van der Waals surface area contributed by atoms with E-state index in [-0.39, 0.29) is 5.92 Å². The molecule has 3 rings (SSSR count). The normalized spacial score (nSPS) is 16.0. The quantitative estimate of drug-likeness (QED) is 0.364. The zero-order valence-corrected chi connectivity index (χ0v) is 19.1. The molecule has 2 N–H and O–H groups in total. The highest BCUT2D eigenvalue weighted by Crippen LogP contribution is 2.50. The maximum atomic E-state index is 13.7. The average molecular weight is 459 g/mol. The van der Waals surface area contributed by atoms with Crippen LogP contribution in [0.1, 0.15) is 67.2 Å². The number of aromatic nitrogens is 1. The van der Waals surface area contributed by atoms with Gasteiger partial charge in [0.05, 0.1) is 18.2 Å². The van der Waals surface area contributed by atoms with Crippen molar-refractivity contribution in [2.45, 2.75) is 63.6 Å². The number of terminal acetylenes is 1. The predicted molar refractivity (Wildman–Crippen MR) is 120 cm³/mol. The van der Waals surface area contributed by atoms with Gasteiger partial charge in [0.2, 0.25) is 0 Å². The van der Waals surface area contributed by atoms with Crippen LogP contribution in [0.3, 0.4) is 0 Å².